The molecule has 0 aromatic heterocycles. The molecule has 1 atom stereocenters. The van der Waals surface area contributed by atoms with E-state index in [1.54, 1.807) is 6.21 Å². The summed E-state index contributed by atoms with van der Waals surface area (Å²) in [6, 6.07) is 9.62. The summed E-state index contributed by atoms with van der Waals surface area (Å²) in [5.74, 6) is -0.0706. The van der Waals surface area contributed by atoms with Crippen molar-refractivity contribution in [2.45, 2.75) is 12.3 Å². The maximum atomic E-state index is 11.5. The molecule has 3 heteroatoms. The van der Waals surface area contributed by atoms with Crippen molar-refractivity contribution in [3.05, 3.63) is 35.9 Å². The maximum absolute atomic E-state index is 11.5. The van der Waals surface area contributed by atoms with E-state index in [2.05, 4.69) is 10.5 Å². The molecule has 2 rings (SSSR count). The summed E-state index contributed by atoms with van der Waals surface area (Å²) in [5, 5.41) is 3.77. The van der Waals surface area contributed by atoms with Gasteiger partial charge in [-0.2, -0.15) is 5.10 Å². The molecule has 1 aromatic carbocycles. The Morgan fingerprint density at radius 3 is 2.54 bits per heavy atom. The molecule has 0 radical (unpaired) electrons. The van der Waals surface area contributed by atoms with Gasteiger partial charge in [-0.25, -0.2) is 5.43 Å². The van der Waals surface area contributed by atoms with Gasteiger partial charge < -0.3 is 0 Å². The molecule has 1 amide bonds. The molecule has 1 N–H and O–H groups in total. The van der Waals surface area contributed by atoms with Gasteiger partial charge in [0.05, 0.1) is 0 Å². The van der Waals surface area contributed by atoms with Crippen molar-refractivity contribution < 1.29 is 4.79 Å². The molecule has 1 aromatic rings. The van der Waals surface area contributed by atoms with Gasteiger partial charge in [-0.1, -0.05) is 30.3 Å². The Morgan fingerprint density at radius 1 is 1.31 bits per heavy atom. The van der Waals surface area contributed by atoms with Crippen molar-refractivity contribution in [3.8, 4) is 0 Å². The van der Waals surface area contributed by atoms with Crippen molar-refractivity contribution in [2.75, 3.05) is 0 Å². The molecule has 0 spiro atoms. The van der Waals surface area contributed by atoms with E-state index in [0.29, 0.717) is 0 Å². The number of carbonyl (C=O) groups is 1. The first-order valence-electron chi connectivity index (χ1n) is 4.14. The highest BCUT2D eigenvalue weighted by Gasteiger charge is 2.36. The third-order valence-electron chi connectivity index (χ3n) is 2.33. The van der Waals surface area contributed by atoms with Crippen molar-refractivity contribution in [3.63, 3.8) is 0 Å². The third kappa shape index (κ3) is 1.13. The average Bonchev–Trinajstić information content (AvgIpc) is 2.50. The van der Waals surface area contributed by atoms with E-state index in [1.165, 1.54) is 0 Å². The Morgan fingerprint density at radius 2 is 2.00 bits per heavy atom. The van der Waals surface area contributed by atoms with Crippen LogP contribution in [-0.4, -0.2) is 12.1 Å². The second kappa shape index (κ2) is 2.69. The van der Waals surface area contributed by atoms with Crippen molar-refractivity contribution >= 4 is 12.1 Å². The number of hydrogen-bond donors (Lipinski definition) is 1. The van der Waals surface area contributed by atoms with Gasteiger partial charge in [0.15, 0.2) is 0 Å². The first-order valence-corrected chi connectivity index (χ1v) is 4.14. The van der Waals surface area contributed by atoms with Gasteiger partial charge in [0.25, 0.3) is 5.91 Å². The van der Waals surface area contributed by atoms with Crippen LogP contribution in [-0.2, 0) is 10.2 Å². The van der Waals surface area contributed by atoms with E-state index in [-0.39, 0.29) is 5.91 Å². The zero-order valence-corrected chi connectivity index (χ0v) is 7.32. The quantitative estimate of drug-likeness (QED) is 0.679. The predicted octanol–water partition coefficient (Wildman–Crippen LogP) is 1.06. The lowest BCUT2D eigenvalue weighted by molar-refractivity contribution is -0.122. The van der Waals surface area contributed by atoms with E-state index in [9.17, 15) is 4.79 Å². The lowest BCUT2D eigenvalue weighted by Crippen LogP contribution is -2.35. The molecule has 13 heavy (non-hydrogen) atoms. The number of rotatable bonds is 1. The highest BCUT2D eigenvalue weighted by atomic mass is 16.2. The van der Waals surface area contributed by atoms with Crippen LogP contribution in [0.1, 0.15) is 12.5 Å². The van der Waals surface area contributed by atoms with E-state index < -0.39 is 5.41 Å². The number of nitrogens with zero attached hydrogens (tertiary/aromatic N) is 1. The zero-order chi connectivity index (χ0) is 9.31. The fraction of sp³-hybridized carbons (Fsp3) is 0.200. The Bertz CT molecular complexity index is 358. The van der Waals surface area contributed by atoms with E-state index >= 15 is 0 Å². The Kier molecular flexibility index (Phi) is 1.65. The molecule has 0 bridgehead atoms. The average molecular weight is 174 g/mol. The molecule has 1 heterocycles. The summed E-state index contributed by atoms with van der Waals surface area (Å²) in [6.45, 7) is 1.86. The molecular weight excluding hydrogens is 164 g/mol. The highest BCUT2D eigenvalue weighted by Crippen LogP contribution is 2.24. The van der Waals surface area contributed by atoms with Gasteiger partial charge in [-0.15, -0.1) is 0 Å². The standard InChI is InChI=1S/C10H10N2O/c1-10(7-11-12-9(10)13)8-5-3-2-4-6-8/h2-7H,1H3,(H,12,13). The second-order valence-corrected chi connectivity index (χ2v) is 3.27. The van der Waals surface area contributed by atoms with Crippen LogP contribution < -0.4 is 5.43 Å². The van der Waals surface area contributed by atoms with Crippen molar-refractivity contribution in [1.82, 2.24) is 5.43 Å². The van der Waals surface area contributed by atoms with Gasteiger partial charge in [0.1, 0.15) is 5.41 Å². The monoisotopic (exact) mass is 174 g/mol. The molecule has 0 saturated carbocycles. The van der Waals surface area contributed by atoms with Crippen LogP contribution in [0.25, 0.3) is 0 Å². The minimum Gasteiger partial charge on any atom is -0.272 e. The van der Waals surface area contributed by atoms with Gasteiger partial charge in [-0.05, 0) is 12.5 Å². The highest BCUT2D eigenvalue weighted by molar-refractivity contribution is 6.07. The second-order valence-electron chi connectivity index (χ2n) is 3.27. The van der Waals surface area contributed by atoms with Crippen molar-refractivity contribution in [2.24, 2.45) is 5.10 Å². The molecule has 0 aliphatic carbocycles. The van der Waals surface area contributed by atoms with Gasteiger partial charge in [0, 0.05) is 6.21 Å². The van der Waals surface area contributed by atoms with Gasteiger partial charge >= 0.3 is 0 Å². The van der Waals surface area contributed by atoms with E-state index in [4.69, 9.17) is 0 Å². The number of benzene rings is 1. The van der Waals surface area contributed by atoms with Crippen molar-refractivity contribution in [1.29, 1.82) is 0 Å². The first-order chi connectivity index (χ1) is 6.23. The summed E-state index contributed by atoms with van der Waals surface area (Å²) in [5.41, 5.74) is 2.81. The molecule has 1 aliphatic rings. The summed E-state index contributed by atoms with van der Waals surface area (Å²) in [6.07, 6.45) is 1.64. The van der Waals surface area contributed by atoms with Crippen LogP contribution in [0.3, 0.4) is 0 Å². The molecule has 66 valence electrons. The summed E-state index contributed by atoms with van der Waals surface area (Å²) in [7, 11) is 0. The lowest BCUT2D eigenvalue weighted by atomic mass is 9.84. The number of carbonyl (C=O) groups excluding carboxylic acids is 1. The van der Waals surface area contributed by atoms with E-state index in [0.717, 1.165) is 5.56 Å². The molecule has 0 saturated heterocycles. The van der Waals surface area contributed by atoms with Crippen LogP contribution in [0, 0.1) is 0 Å². The number of hydrazone groups is 1. The topological polar surface area (TPSA) is 41.5 Å². The largest absolute Gasteiger partial charge is 0.272 e. The summed E-state index contributed by atoms with van der Waals surface area (Å²) in [4.78, 5) is 11.5. The molecule has 1 aliphatic heterocycles. The fourth-order valence-electron chi connectivity index (χ4n) is 1.38. The van der Waals surface area contributed by atoms with Crippen LogP contribution in [0.2, 0.25) is 0 Å². The fourth-order valence-corrected chi connectivity index (χ4v) is 1.38. The predicted molar refractivity (Wildman–Crippen MR) is 50.4 cm³/mol. The lowest BCUT2D eigenvalue weighted by Gasteiger charge is -2.17. The Labute approximate surface area is 76.5 Å². The minimum atomic E-state index is -0.596. The van der Waals surface area contributed by atoms with Crippen LogP contribution in [0.5, 0.6) is 0 Å². The molecule has 3 nitrogen and oxygen atoms in total. The summed E-state index contributed by atoms with van der Waals surface area (Å²) >= 11 is 0. The molecular formula is C10H10N2O. The van der Waals surface area contributed by atoms with Gasteiger partial charge in [0.2, 0.25) is 0 Å². The number of hydrogen-bond acceptors (Lipinski definition) is 2. The number of nitrogens with one attached hydrogen (secondary N) is 1. The minimum absolute atomic E-state index is 0.0706. The smallest absolute Gasteiger partial charge is 0.255 e. The van der Waals surface area contributed by atoms with Crippen LogP contribution in [0.4, 0.5) is 0 Å². The summed E-state index contributed by atoms with van der Waals surface area (Å²) < 4.78 is 0. The molecule has 0 fully saturated rings. The SMILES string of the molecule is CC1(c2ccccc2)C=NNC1=O. The first kappa shape index (κ1) is 7.98. The Hall–Kier alpha value is -1.64. The third-order valence-corrected chi connectivity index (χ3v) is 2.33. The number of amides is 1. The zero-order valence-electron chi connectivity index (χ0n) is 7.32. The van der Waals surface area contributed by atoms with Crippen LogP contribution in [0.15, 0.2) is 35.4 Å². The van der Waals surface area contributed by atoms with E-state index in [1.807, 2.05) is 37.3 Å². The van der Waals surface area contributed by atoms with Crippen LogP contribution >= 0.6 is 0 Å². The molecule has 1 unspecified atom stereocenters. The Balaban J connectivity index is 2.46. The normalized spacial score (nSPS) is 26.1. The van der Waals surface area contributed by atoms with Gasteiger partial charge in [-0.3, -0.25) is 4.79 Å². The maximum Gasteiger partial charge on any atom is 0.255 e.